The predicted molar refractivity (Wildman–Crippen MR) is 85.0 cm³/mol. The van der Waals surface area contributed by atoms with E-state index in [0.717, 1.165) is 37.3 Å². The van der Waals surface area contributed by atoms with E-state index in [2.05, 4.69) is 5.10 Å². The Balaban J connectivity index is 2.12. The molecule has 6 nitrogen and oxygen atoms in total. The molecule has 2 N–H and O–H groups in total. The fourth-order valence-corrected chi connectivity index (χ4v) is 2.66. The molecule has 1 aliphatic rings. The quantitative estimate of drug-likeness (QED) is 0.764. The first-order valence-corrected chi connectivity index (χ1v) is 7.93. The lowest BCUT2D eigenvalue weighted by Gasteiger charge is -2.24. The van der Waals surface area contributed by atoms with Crippen molar-refractivity contribution in [2.75, 3.05) is 19.8 Å². The van der Waals surface area contributed by atoms with Crippen LogP contribution in [0.1, 0.15) is 50.7 Å². The van der Waals surface area contributed by atoms with Gasteiger partial charge in [-0.1, -0.05) is 13.8 Å². The molecule has 1 fully saturated rings. The lowest BCUT2D eigenvalue weighted by molar-refractivity contribution is -0.0407. The summed E-state index contributed by atoms with van der Waals surface area (Å²) in [6.07, 6.45) is 3.10. The van der Waals surface area contributed by atoms with Crippen LogP contribution in [0.5, 0.6) is 0 Å². The maximum atomic E-state index is 10.4. The smallest absolute Gasteiger partial charge is 0.423 e. The second-order valence-corrected chi connectivity index (χ2v) is 6.84. The van der Waals surface area contributed by atoms with E-state index in [4.69, 9.17) is 9.39 Å². The highest BCUT2D eigenvalue weighted by atomic mass is 16.5. The lowest BCUT2D eigenvalue weighted by Crippen LogP contribution is -2.40. The molecular formula is C15H27BN2O4. The minimum absolute atomic E-state index is 0.00681. The molecule has 0 radical (unpaired) electrons. The monoisotopic (exact) mass is 310 g/mol. The number of aryl methyl sites for hydroxylation is 1. The molecule has 0 unspecified atom stereocenters. The van der Waals surface area contributed by atoms with Crippen LogP contribution in [0.25, 0.3) is 0 Å². The summed E-state index contributed by atoms with van der Waals surface area (Å²) in [7, 11) is -1.04. The third-order valence-electron chi connectivity index (χ3n) is 4.12. The second kappa shape index (κ2) is 7.13. The van der Waals surface area contributed by atoms with E-state index in [0.29, 0.717) is 5.46 Å². The van der Waals surface area contributed by atoms with E-state index in [9.17, 15) is 10.1 Å². The van der Waals surface area contributed by atoms with Crippen LogP contribution in [0, 0.1) is 19.3 Å². The summed E-state index contributed by atoms with van der Waals surface area (Å²) >= 11 is 0. The number of nitrogens with zero attached hydrogens (tertiary/aromatic N) is 2. The maximum absolute atomic E-state index is 10.4. The second-order valence-electron chi connectivity index (χ2n) is 6.84. The van der Waals surface area contributed by atoms with E-state index in [1.165, 1.54) is 0 Å². The van der Waals surface area contributed by atoms with Gasteiger partial charge >= 0.3 is 7.12 Å². The van der Waals surface area contributed by atoms with E-state index in [-0.39, 0.29) is 24.9 Å². The van der Waals surface area contributed by atoms with Crippen molar-refractivity contribution in [3.8, 4) is 0 Å². The van der Waals surface area contributed by atoms with Crippen LogP contribution in [0.15, 0.2) is 0 Å². The third kappa shape index (κ3) is 3.90. The summed E-state index contributed by atoms with van der Waals surface area (Å²) in [6, 6.07) is 0. The highest BCUT2D eigenvalue weighted by Gasteiger charge is 2.30. The molecule has 0 saturated carbocycles. The molecule has 0 aromatic carbocycles. The Kier molecular flexibility index (Phi) is 5.66. The average molecular weight is 310 g/mol. The van der Waals surface area contributed by atoms with Crippen LogP contribution >= 0.6 is 0 Å². The summed E-state index contributed by atoms with van der Waals surface area (Å²) in [5.41, 5.74) is 1.94. The zero-order valence-corrected chi connectivity index (χ0v) is 14.0. The predicted octanol–water partition coefficient (Wildman–Crippen LogP) is 0.922. The first-order chi connectivity index (χ1) is 10.4. The number of aromatic nitrogens is 2. The van der Waals surface area contributed by atoms with Crippen molar-refractivity contribution in [3.63, 3.8) is 0 Å². The first-order valence-electron chi connectivity index (χ1n) is 7.93. The molecule has 7 heteroatoms. The van der Waals surface area contributed by atoms with Crippen molar-refractivity contribution >= 4 is 12.6 Å². The van der Waals surface area contributed by atoms with Crippen LogP contribution in [-0.4, -0.2) is 46.9 Å². The summed E-state index contributed by atoms with van der Waals surface area (Å²) in [5.74, 6) is 0. The van der Waals surface area contributed by atoms with Crippen molar-refractivity contribution in [2.45, 2.75) is 53.2 Å². The van der Waals surface area contributed by atoms with Gasteiger partial charge in [0.2, 0.25) is 0 Å². The van der Waals surface area contributed by atoms with Gasteiger partial charge in [-0.25, -0.2) is 4.68 Å². The summed E-state index contributed by atoms with van der Waals surface area (Å²) in [4.78, 5) is 0. The third-order valence-corrected chi connectivity index (χ3v) is 4.12. The van der Waals surface area contributed by atoms with E-state index in [1.807, 2.05) is 32.4 Å². The van der Waals surface area contributed by atoms with E-state index < -0.39 is 7.12 Å². The summed E-state index contributed by atoms with van der Waals surface area (Å²) < 4.78 is 13.2. The van der Waals surface area contributed by atoms with Crippen molar-refractivity contribution in [1.29, 1.82) is 0 Å². The molecular weight excluding hydrogens is 283 g/mol. The van der Waals surface area contributed by atoms with Crippen LogP contribution < -0.4 is 5.46 Å². The Morgan fingerprint density at radius 2 is 2.14 bits per heavy atom. The zero-order chi connectivity index (χ0) is 16.3. The van der Waals surface area contributed by atoms with Gasteiger partial charge in [0.05, 0.1) is 12.3 Å². The largest absolute Gasteiger partial charge is 0.494 e. The Hall–Kier alpha value is -0.885. The normalized spacial score (nSPS) is 19.5. The van der Waals surface area contributed by atoms with E-state index in [1.54, 1.807) is 0 Å². The molecule has 0 aliphatic carbocycles. The molecule has 1 aromatic heterocycles. The summed E-state index contributed by atoms with van der Waals surface area (Å²) in [5, 5.41) is 24.1. The zero-order valence-electron chi connectivity index (χ0n) is 14.0. The van der Waals surface area contributed by atoms with Crippen LogP contribution in [-0.2, 0) is 9.39 Å². The molecule has 0 spiro atoms. The van der Waals surface area contributed by atoms with Crippen molar-refractivity contribution in [2.24, 2.45) is 5.41 Å². The van der Waals surface area contributed by atoms with Crippen molar-refractivity contribution in [3.05, 3.63) is 11.4 Å². The Bertz CT molecular complexity index is 498. The van der Waals surface area contributed by atoms with E-state index >= 15 is 0 Å². The van der Waals surface area contributed by atoms with Gasteiger partial charge < -0.3 is 19.5 Å². The molecule has 22 heavy (non-hydrogen) atoms. The van der Waals surface area contributed by atoms with Gasteiger partial charge in [0, 0.05) is 29.8 Å². The molecule has 124 valence electrons. The standard InChI is InChI=1S/C15H27BN2O4/c1-11-14(16(20)22-10-15(3,4)9-19)12(2)18(17-11)13-7-5-6-8-21-13/h13,19-20H,5-10H2,1-4H3/t13-/m1/s1. The number of aliphatic hydroxyl groups is 1. The molecule has 0 bridgehead atoms. The van der Waals surface area contributed by atoms with Gasteiger partial charge in [-0.3, -0.25) is 0 Å². The number of aliphatic hydroxyl groups excluding tert-OH is 1. The number of hydrogen-bond acceptors (Lipinski definition) is 5. The molecule has 0 amide bonds. The number of hydrogen-bond donors (Lipinski definition) is 2. The van der Waals surface area contributed by atoms with Gasteiger partial charge in [-0.2, -0.15) is 5.10 Å². The van der Waals surface area contributed by atoms with Gasteiger partial charge in [-0.05, 0) is 33.1 Å². The minimum Gasteiger partial charge on any atom is -0.423 e. The Labute approximate surface area is 132 Å². The van der Waals surface area contributed by atoms with Crippen LogP contribution in [0.3, 0.4) is 0 Å². The SMILES string of the molecule is Cc1nn([C@H]2CCCCO2)c(C)c1B(O)OCC(C)(C)CO. The number of ether oxygens (including phenoxy) is 1. The first kappa shape index (κ1) is 17.5. The van der Waals surface area contributed by atoms with Gasteiger partial charge in [-0.15, -0.1) is 0 Å². The Morgan fingerprint density at radius 3 is 2.73 bits per heavy atom. The Morgan fingerprint density at radius 1 is 1.41 bits per heavy atom. The highest BCUT2D eigenvalue weighted by Crippen LogP contribution is 2.23. The number of rotatable bonds is 6. The molecule has 1 saturated heterocycles. The van der Waals surface area contributed by atoms with Gasteiger partial charge in [0.25, 0.3) is 0 Å². The molecule has 1 aliphatic heterocycles. The molecule has 2 heterocycles. The molecule has 2 rings (SSSR count). The molecule has 1 aromatic rings. The van der Waals surface area contributed by atoms with Crippen molar-refractivity contribution in [1.82, 2.24) is 9.78 Å². The fourth-order valence-electron chi connectivity index (χ4n) is 2.66. The maximum Gasteiger partial charge on any atom is 0.494 e. The van der Waals surface area contributed by atoms with Gasteiger partial charge in [0.1, 0.15) is 6.23 Å². The average Bonchev–Trinajstić information content (AvgIpc) is 2.81. The summed E-state index contributed by atoms with van der Waals surface area (Å²) in [6.45, 7) is 8.60. The van der Waals surface area contributed by atoms with Gasteiger partial charge in [0.15, 0.2) is 0 Å². The topological polar surface area (TPSA) is 76.7 Å². The van der Waals surface area contributed by atoms with Crippen LogP contribution in [0.4, 0.5) is 0 Å². The minimum atomic E-state index is -1.04. The lowest BCUT2D eigenvalue weighted by atomic mass is 9.77. The molecule has 1 atom stereocenters. The highest BCUT2D eigenvalue weighted by molar-refractivity contribution is 6.60. The van der Waals surface area contributed by atoms with Crippen LogP contribution in [0.2, 0.25) is 0 Å². The van der Waals surface area contributed by atoms with Crippen molar-refractivity contribution < 1.29 is 19.5 Å². The fraction of sp³-hybridized carbons (Fsp3) is 0.800.